The van der Waals surface area contributed by atoms with E-state index in [1.165, 1.54) is 6.07 Å². The molecular weight excluding hydrogens is 381 g/mol. The van der Waals surface area contributed by atoms with Crippen LogP contribution in [0.1, 0.15) is 30.9 Å². The van der Waals surface area contributed by atoms with Gasteiger partial charge in [-0.3, -0.25) is 14.8 Å². The quantitative estimate of drug-likeness (QED) is 0.390. The van der Waals surface area contributed by atoms with Gasteiger partial charge in [-0.15, -0.1) is 0 Å². The van der Waals surface area contributed by atoms with Crippen molar-refractivity contribution in [1.29, 1.82) is 0 Å². The Kier molecular flexibility index (Phi) is 8.33. The van der Waals surface area contributed by atoms with Gasteiger partial charge >= 0.3 is 0 Å². The van der Waals surface area contributed by atoms with Crippen LogP contribution < -0.4 is 11.1 Å². The molecule has 1 unspecified atom stereocenters. The Morgan fingerprint density at radius 1 is 1.25 bits per heavy atom. The van der Waals surface area contributed by atoms with E-state index in [1.807, 2.05) is 0 Å². The molecule has 0 radical (unpaired) electrons. The number of nitrogens with two attached hydrogens (primary N) is 1. The van der Waals surface area contributed by atoms with Crippen LogP contribution in [0.5, 0.6) is 0 Å². The number of morpholine rings is 1. The minimum atomic E-state index is -0.281. The predicted molar refractivity (Wildman–Crippen MR) is 111 cm³/mol. The van der Waals surface area contributed by atoms with Crippen LogP contribution in [0.25, 0.3) is 0 Å². The lowest BCUT2D eigenvalue weighted by molar-refractivity contribution is 0.0376. The van der Waals surface area contributed by atoms with Crippen molar-refractivity contribution in [2.24, 2.45) is 10.7 Å². The number of likely N-dealkylation sites (tertiary alicyclic amines) is 1. The fourth-order valence-corrected chi connectivity index (χ4v) is 4.15. The van der Waals surface area contributed by atoms with Crippen molar-refractivity contribution in [1.82, 2.24) is 15.1 Å². The summed E-state index contributed by atoms with van der Waals surface area (Å²) < 4.78 is 19.8. The Hall–Kier alpha value is -1.41. The van der Waals surface area contributed by atoms with Crippen molar-refractivity contribution in [2.75, 3.05) is 59.0 Å². The number of rotatable bonds is 8. The Labute approximate surface area is 171 Å². The molecule has 1 atom stereocenters. The standard InChI is InChI=1S/C20H31ClFN5O/c21-16-5-3-6-17(22)19(16)18(27-9-1-2-10-27)15-25-20(23)24-7-4-8-26-11-13-28-14-12-26/h3,5-6,18H,1-2,4,7-15H2,(H3,23,24,25). The number of benzene rings is 1. The highest BCUT2D eigenvalue weighted by molar-refractivity contribution is 6.31. The van der Waals surface area contributed by atoms with Gasteiger partial charge in [-0.1, -0.05) is 17.7 Å². The topological polar surface area (TPSA) is 66.1 Å². The lowest BCUT2D eigenvalue weighted by Crippen LogP contribution is -2.39. The minimum absolute atomic E-state index is 0.190. The number of halogens is 2. The van der Waals surface area contributed by atoms with Gasteiger partial charge in [-0.05, 0) is 51.0 Å². The van der Waals surface area contributed by atoms with Crippen LogP contribution in [0.4, 0.5) is 4.39 Å². The molecule has 8 heteroatoms. The largest absolute Gasteiger partial charge is 0.379 e. The summed E-state index contributed by atoms with van der Waals surface area (Å²) in [4.78, 5) is 9.14. The van der Waals surface area contributed by atoms with Crippen molar-refractivity contribution in [3.63, 3.8) is 0 Å². The molecule has 2 aliphatic rings. The van der Waals surface area contributed by atoms with Crippen molar-refractivity contribution in [3.05, 3.63) is 34.6 Å². The van der Waals surface area contributed by atoms with E-state index in [-0.39, 0.29) is 11.9 Å². The molecule has 1 aromatic rings. The van der Waals surface area contributed by atoms with Crippen LogP contribution in [-0.2, 0) is 4.74 Å². The molecule has 2 heterocycles. The van der Waals surface area contributed by atoms with Gasteiger partial charge in [0.2, 0.25) is 0 Å². The molecule has 1 aromatic carbocycles. The number of hydrogen-bond donors (Lipinski definition) is 2. The average Bonchev–Trinajstić information content (AvgIpc) is 3.23. The molecular formula is C20H31ClFN5O. The van der Waals surface area contributed by atoms with E-state index in [2.05, 4.69) is 20.1 Å². The number of nitrogens with one attached hydrogen (secondary N) is 1. The van der Waals surface area contributed by atoms with Crippen molar-refractivity contribution in [3.8, 4) is 0 Å². The smallest absolute Gasteiger partial charge is 0.188 e. The zero-order chi connectivity index (χ0) is 19.8. The number of aliphatic imine (C=N–C) groups is 1. The van der Waals surface area contributed by atoms with Gasteiger partial charge < -0.3 is 15.8 Å². The summed E-state index contributed by atoms with van der Waals surface area (Å²) in [7, 11) is 0. The summed E-state index contributed by atoms with van der Waals surface area (Å²) in [5, 5.41) is 3.62. The Bertz CT molecular complexity index is 627. The first-order valence-electron chi connectivity index (χ1n) is 10.2. The van der Waals surface area contributed by atoms with Gasteiger partial charge in [0.05, 0.1) is 25.8 Å². The second-order valence-electron chi connectivity index (χ2n) is 7.35. The summed E-state index contributed by atoms with van der Waals surface area (Å²) in [6, 6.07) is 4.64. The van der Waals surface area contributed by atoms with Crippen LogP contribution in [0.15, 0.2) is 23.2 Å². The first kappa shape index (κ1) is 21.3. The molecule has 0 saturated carbocycles. The van der Waals surface area contributed by atoms with Gasteiger partial charge in [0.1, 0.15) is 5.82 Å². The summed E-state index contributed by atoms with van der Waals surface area (Å²) in [6.07, 6.45) is 3.22. The molecule has 0 amide bonds. The third-order valence-electron chi connectivity index (χ3n) is 5.41. The predicted octanol–water partition coefficient (Wildman–Crippen LogP) is 2.24. The summed E-state index contributed by atoms with van der Waals surface area (Å²) >= 11 is 6.32. The molecule has 0 aromatic heterocycles. The fourth-order valence-electron chi connectivity index (χ4n) is 3.86. The van der Waals surface area contributed by atoms with Gasteiger partial charge in [0, 0.05) is 30.2 Å². The average molecular weight is 412 g/mol. The third-order valence-corrected chi connectivity index (χ3v) is 5.74. The van der Waals surface area contributed by atoms with Crippen molar-refractivity contribution < 1.29 is 9.13 Å². The van der Waals surface area contributed by atoms with Gasteiger partial charge in [-0.25, -0.2) is 4.39 Å². The van der Waals surface area contributed by atoms with Gasteiger partial charge in [-0.2, -0.15) is 0 Å². The first-order chi connectivity index (χ1) is 13.6. The number of hydrogen-bond acceptors (Lipinski definition) is 4. The number of guanidine groups is 1. The second-order valence-corrected chi connectivity index (χ2v) is 7.76. The molecule has 156 valence electrons. The van der Waals surface area contributed by atoms with E-state index < -0.39 is 0 Å². The molecule has 2 saturated heterocycles. The molecule has 2 aliphatic heterocycles. The summed E-state index contributed by atoms with van der Waals surface area (Å²) in [5.74, 6) is 0.121. The van der Waals surface area contributed by atoms with Crippen LogP contribution in [0, 0.1) is 5.82 Å². The monoisotopic (exact) mass is 411 g/mol. The van der Waals surface area contributed by atoms with E-state index in [1.54, 1.807) is 12.1 Å². The van der Waals surface area contributed by atoms with Crippen molar-refractivity contribution in [2.45, 2.75) is 25.3 Å². The Morgan fingerprint density at radius 3 is 2.71 bits per heavy atom. The maximum atomic E-state index is 14.5. The third kappa shape index (κ3) is 6.04. The van der Waals surface area contributed by atoms with E-state index >= 15 is 0 Å². The van der Waals surface area contributed by atoms with E-state index in [0.717, 1.165) is 71.7 Å². The van der Waals surface area contributed by atoms with Crippen LogP contribution in [0.3, 0.4) is 0 Å². The lowest BCUT2D eigenvalue weighted by Gasteiger charge is -2.28. The number of nitrogens with zero attached hydrogens (tertiary/aromatic N) is 3. The summed E-state index contributed by atoms with van der Waals surface area (Å²) in [6.45, 7) is 7.64. The van der Waals surface area contributed by atoms with Crippen LogP contribution >= 0.6 is 11.6 Å². The van der Waals surface area contributed by atoms with Gasteiger partial charge in [0.25, 0.3) is 0 Å². The normalized spacial score (nSPS) is 20.4. The highest BCUT2D eigenvalue weighted by Gasteiger charge is 2.27. The molecule has 2 fully saturated rings. The molecule has 0 spiro atoms. The van der Waals surface area contributed by atoms with Crippen LogP contribution in [0.2, 0.25) is 5.02 Å². The minimum Gasteiger partial charge on any atom is -0.379 e. The lowest BCUT2D eigenvalue weighted by atomic mass is 10.0. The molecule has 28 heavy (non-hydrogen) atoms. The zero-order valence-corrected chi connectivity index (χ0v) is 17.1. The Balaban J connectivity index is 1.53. The fraction of sp³-hybridized carbons (Fsp3) is 0.650. The Morgan fingerprint density at radius 2 is 2.00 bits per heavy atom. The van der Waals surface area contributed by atoms with Gasteiger partial charge in [0.15, 0.2) is 5.96 Å². The first-order valence-corrected chi connectivity index (χ1v) is 10.5. The second kappa shape index (κ2) is 11.0. The molecule has 3 N–H and O–H groups in total. The molecule has 0 bridgehead atoms. The molecule has 6 nitrogen and oxygen atoms in total. The summed E-state index contributed by atoms with van der Waals surface area (Å²) in [5.41, 5.74) is 6.58. The maximum absolute atomic E-state index is 14.5. The van der Waals surface area contributed by atoms with E-state index in [9.17, 15) is 4.39 Å². The van der Waals surface area contributed by atoms with E-state index in [0.29, 0.717) is 23.1 Å². The van der Waals surface area contributed by atoms with Crippen molar-refractivity contribution >= 4 is 17.6 Å². The van der Waals surface area contributed by atoms with Crippen LogP contribution in [-0.4, -0.2) is 74.8 Å². The maximum Gasteiger partial charge on any atom is 0.188 e. The molecule has 0 aliphatic carbocycles. The highest BCUT2D eigenvalue weighted by Crippen LogP contribution is 2.32. The number of ether oxygens (including phenoxy) is 1. The SMILES string of the molecule is NC(=NCC(c1c(F)cccc1Cl)N1CCCC1)NCCCN1CCOCC1. The zero-order valence-electron chi connectivity index (χ0n) is 16.4. The molecule has 3 rings (SSSR count). The highest BCUT2D eigenvalue weighted by atomic mass is 35.5. The van der Waals surface area contributed by atoms with E-state index in [4.69, 9.17) is 22.1 Å².